The number of carbonyl (C=O) groups excluding carboxylic acids is 1. The number of sulfone groups is 1. The summed E-state index contributed by atoms with van der Waals surface area (Å²) < 4.78 is 28.4. The van der Waals surface area contributed by atoms with Crippen molar-refractivity contribution in [3.63, 3.8) is 0 Å². The van der Waals surface area contributed by atoms with Gasteiger partial charge in [0.1, 0.15) is 23.1 Å². The second-order valence-electron chi connectivity index (χ2n) is 5.44. The molecule has 0 aliphatic carbocycles. The van der Waals surface area contributed by atoms with Gasteiger partial charge >= 0.3 is 0 Å². The van der Waals surface area contributed by atoms with Crippen LogP contribution in [-0.2, 0) is 16.4 Å². The number of thiazole rings is 1. The predicted octanol–water partition coefficient (Wildman–Crippen LogP) is 2.29. The molecule has 128 valence electrons. The summed E-state index contributed by atoms with van der Waals surface area (Å²) in [4.78, 5) is 16.3. The van der Waals surface area contributed by atoms with Gasteiger partial charge in [0.15, 0.2) is 9.84 Å². The number of hydrogen-bond donors (Lipinski definition) is 1. The summed E-state index contributed by atoms with van der Waals surface area (Å²) in [7, 11) is -3.02. The molecule has 2 heterocycles. The van der Waals surface area contributed by atoms with E-state index in [4.69, 9.17) is 16.3 Å². The summed E-state index contributed by atoms with van der Waals surface area (Å²) in [6.45, 7) is 0.247. The first-order valence-electron chi connectivity index (χ1n) is 7.25. The van der Waals surface area contributed by atoms with E-state index in [2.05, 4.69) is 10.3 Å². The highest BCUT2D eigenvalue weighted by Crippen LogP contribution is 2.18. The fourth-order valence-corrected chi connectivity index (χ4v) is 4.81. The Balaban J connectivity index is 1.55. The average molecular weight is 387 g/mol. The first-order chi connectivity index (χ1) is 11.4. The molecule has 1 fully saturated rings. The van der Waals surface area contributed by atoms with Crippen LogP contribution in [0.3, 0.4) is 0 Å². The first-order valence-corrected chi connectivity index (χ1v) is 10.3. The number of amides is 1. The van der Waals surface area contributed by atoms with Crippen molar-refractivity contribution in [3.05, 3.63) is 45.4 Å². The van der Waals surface area contributed by atoms with Gasteiger partial charge in [-0.25, -0.2) is 13.4 Å². The second-order valence-corrected chi connectivity index (χ2v) is 9.05. The lowest BCUT2D eigenvalue weighted by molar-refractivity contribution is 0.0936. The number of halogens is 1. The molecule has 0 saturated carbocycles. The van der Waals surface area contributed by atoms with Crippen LogP contribution in [0.1, 0.15) is 21.9 Å². The number of carbonyl (C=O) groups is 1. The van der Waals surface area contributed by atoms with E-state index in [1.54, 1.807) is 29.6 Å². The summed E-state index contributed by atoms with van der Waals surface area (Å²) in [6.07, 6.45) is 0.449. The summed E-state index contributed by atoms with van der Waals surface area (Å²) in [6, 6.07) is 6.63. The largest absolute Gasteiger partial charge is 0.486 e. The van der Waals surface area contributed by atoms with E-state index < -0.39 is 9.84 Å². The van der Waals surface area contributed by atoms with Gasteiger partial charge in [-0.3, -0.25) is 4.79 Å². The van der Waals surface area contributed by atoms with E-state index in [1.807, 2.05) is 0 Å². The van der Waals surface area contributed by atoms with Crippen LogP contribution in [0, 0.1) is 0 Å². The van der Waals surface area contributed by atoms with E-state index in [0.717, 1.165) is 0 Å². The highest BCUT2D eigenvalue weighted by atomic mass is 35.5. The SMILES string of the molecule is O=C(NC1CCS(=O)(=O)C1)c1csc(COc2ccc(Cl)cc2)n1. The van der Waals surface area contributed by atoms with Gasteiger partial charge in [-0.1, -0.05) is 11.6 Å². The maximum atomic E-state index is 12.1. The van der Waals surface area contributed by atoms with Gasteiger partial charge < -0.3 is 10.1 Å². The molecule has 2 aromatic rings. The predicted molar refractivity (Wildman–Crippen MR) is 92.4 cm³/mol. The van der Waals surface area contributed by atoms with E-state index >= 15 is 0 Å². The number of rotatable bonds is 5. The van der Waals surface area contributed by atoms with Crippen LogP contribution in [0.2, 0.25) is 5.02 Å². The van der Waals surface area contributed by atoms with E-state index in [0.29, 0.717) is 22.2 Å². The van der Waals surface area contributed by atoms with Crippen LogP contribution in [0.4, 0.5) is 0 Å². The summed E-state index contributed by atoms with van der Waals surface area (Å²) in [5, 5.41) is 5.64. The minimum Gasteiger partial charge on any atom is -0.486 e. The molecule has 0 radical (unpaired) electrons. The number of hydrogen-bond acceptors (Lipinski definition) is 6. The molecule has 0 bridgehead atoms. The Kier molecular flexibility index (Phi) is 5.07. The third-order valence-corrected chi connectivity index (χ3v) is 6.37. The molecule has 1 aromatic heterocycles. The van der Waals surface area contributed by atoms with Crippen molar-refractivity contribution in [1.29, 1.82) is 0 Å². The van der Waals surface area contributed by atoms with E-state index in [1.165, 1.54) is 11.3 Å². The van der Waals surface area contributed by atoms with Gasteiger partial charge in [0.05, 0.1) is 11.5 Å². The van der Waals surface area contributed by atoms with Crippen molar-refractivity contribution < 1.29 is 17.9 Å². The zero-order valence-electron chi connectivity index (χ0n) is 12.6. The van der Waals surface area contributed by atoms with Crippen LogP contribution < -0.4 is 10.1 Å². The van der Waals surface area contributed by atoms with Gasteiger partial charge in [-0.15, -0.1) is 11.3 Å². The third-order valence-electron chi connectivity index (χ3n) is 3.53. The Morgan fingerprint density at radius 3 is 2.79 bits per heavy atom. The molecule has 6 nitrogen and oxygen atoms in total. The number of nitrogens with zero attached hydrogens (tertiary/aromatic N) is 1. The number of benzene rings is 1. The normalized spacial score (nSPS) is 19.1. The monoisotopic (exact) mass is 386 g/mol. The van der Waals surface area contributed by atoms with Gasteiger partial charge in [0.2, 0.25) is 0 Å². The van der Waals surface area contributed by atoms with Crippen molar-refractivity contribution in [2.24, 2.45) is 0 Å². The molecule has 1 saturated heterocycles. The molecule has 1 aliphatic heterocycles. The molecule has 1 aliphatic rings. The Hall–Kier alpha value is -1.64. The highest BCUT2D eigenvalue weighted by molar-refractivity contribution is 7.91. The van der Waals surface area contributed by atoms with Crippen LogP contribution in [0.25, 0.3) is 0 Å². The van der Waals surface area contributed by atoms with Gasteiger partial charge in [-0.2, -0.15) is 0 Å². The highest BCUT2D eigenvalue weighted by Gasteiger charge is 2.29. The number of nitrogens with one attached hydrogen (secondary N) is 1. The van der Waals surface area contributed by atoms with Gasteiger partial charge in [-0.05, 0) is 30.7 Å². The van der Waals surface area contributed by atoms with E-state index in [-0.39, 0.29) is 35.8 Å². The molecular formula is C15H15ClN2O4S2. The molecule has 1 N–H and O–H groups in total. The fraction of sp³-hybridized carbons (Fsp3) is 0.333. The molecule has 3 rings (SSSR count). The van der Waals surface area contributed by atoms with Crippen molar-refractivity contribution in [2.75, 3.05) is 11.5 Å². The standard InChI is InChI=1S/C15H15ClN2O4S2/c16-10-1-3-12(4-2-10)22-7-14-18-13(8-23-14)15(19)17-11-5-6-24(20,21)9-11/h1-4,8,11H,5-7,9H2,(H,17,19). The minimum atomic E-state index is -3.02. The number of aromatic nitrogens is 1. The topological polar surface area (TPSA) is 85.4 Å². The zero-order chi connectivity index (χ0) is 17.2. The molecule has 24 heavy (non-hydrogen) atoms. The first kappa shape index (κ1) is 17.2. The lowest BCUT2D eigenvalue weighted by atomic mass is 10.2. The molecular weight excluding hydrogens is 372 g/mol. The van der Waals surface area contributed by atoms with Crippen molar-refractivity contribution in [2.45, 2.75) is 19.1 Å². The van der Waals surface area contributed by atoms with Crippen LogP contribution in [0.5, 0.6) is 5.75 Å². The molecule has 1 unspecified atom stereocenters. The Bertz CT molecular complexity index is 833. The van der Waals surface area contributed by atoms with Crippen LogP contribution in [0.15, 0.2) is 29.6 Å². The van der Waals surface area contributed by atoms with E-state index in [9.17, 15) is 13.2 Å². The van der Waals surface area contributed by atoms with Gasteiger partial charge in [0, 0.05) is 16.4 Å². The average Bonchev–Trinajstić information content (AvgIpc) is 3.13. The summed E-state index contributed by atoms with van der Waals surface area (Å²) in [5.74, 6) is 0.424. The van der Waals surface area contributed by atoms with Crippen molar-refractivity contribution >= 4 is 38.7 Å². The maximum Gasteiger partial charge on any atom is 0.271 e. The van der Waals surface area contributed by atoms with Crippen LogP contribution >= 0.6 is 22.9 Å². The summed E-state index contributed by atoms with van der Waals surface area (Å²) >= 11 is 7.12. The lowest BCUT2D eigenvalue weighted by Gasteiger charge is -2.08. The molecule has 9 heteroatoms. The van der Waals surface area contributed by atoms with Crippen molar-refractivity contribution in [3.8, 4) is 5.75 Å². The maximum absolute atomic E-state index is 12.1. The lowest BCUT2D eigenvalue weighted by Crippen LogP contribution is -2.35. The minimum absolute atomic E-state index is 0.00455. The molecule has 1 amide bonds. The third kappa shape index (κ3) is 4.46. The Morgan fingerprint density at radius 1 is 1.38 bits per heavy atom. The fourth-order valence-electron chi connectivity index (χ4n) is 2.33. The van der Waals surface area contributed by atoms with Crippen LogP contribution in [-0.4, -0.2) is 36.9 Å². The van der Waals surface area contributed by atoms with Gasteiger partial charge in [0.25, 0.3) is 5.91 Å². The van der Waals surface area contributed by atoms with Crippen molar-refractivity contribution in [1.82, 2.24) is 10.3 Å². The summed E-state index contributed by atoms with van der Waals surface area (Å²) in [5.41, 5.74) is 0.277. The molecule has 1 aromatic carbocycles. The molecule has 1 atom stereocenters. The smallest absolute Gasteiger partial charge is 0.271 e. The zero-order valence-corrected chi connectivity index (χ0v) is 15.0. The Labute approximate surface area is 148 Å². The quantitative estimate of drug-likeness (QED) is 0.852. The Morgan fingerprint density at radius 2 is 2.12 bits per heavy atom. The number of ether oxygens (including phenoxy) is 1. The second kappa shape index (κ2) is 7.08. The molecule has 0 spiro atoms.